The Kier molecular flexibility index (Phi) is 4.44. The first-order chi connectivity index (χ1) is 10.7. The molecule has 1 atom stereocenters. The number of benzene rings is 2. The number of likely N-dealkylation sites (N-methyl/N-ethyl adjacent to an activating group) is 1. The van der Waals surface area contributed by atoms with Gasteiger partial charge in [0.2, 0.25) is 0 Å². The van der Waals surface area contributed by atoms with Crippen molar-refractivity contribution in [3.63, 3.8) is 0 Å². The monoisotopic (exact) mass is 298 g/mol. The van der Waals surface area contributed by atoms with Gasteiger partial charge in [-0.05, 0) is 36.7 Å². The van der Waals surface area contributed by atoms with Gasteiger partial charge in [-0.15, -0.1) is 0 Å². The second kappa shape index (κ2) is 6.49. The van der Waals surface area contributed by atoms with Gasteiger partial charge in [0.15, 0.2) is 0 Å². The summed E-state index contributed by atoms with van der Waals surface area (Å²) in [5, 5.41) is 0. The van der Waals surface area contributed by atoms with Gasteiger partial charge < -0.3 is 4.90 Å². The zero-order valence-electron chi connectivity index (χ0n) is 13.3. The summed E-state index contributed by atoms with van der Waals surface area (Å²) in [4.78, 5) is 4.52. The van der Waals surface area contributed by atoms with Crippen molar-refractivity contribution >= 4 is 5.69 Å². The van der Waals surface area contributed by atoms with E-state index in [2.05, 4.69) is 48.0 Å². The first-order valence-electron chi connectivity index (χ1n) is 7.97. The number of hydrogen-bond acceptors (Lipinski definition) is 2. The summed E-state index contributed by atoms with van der Waals surface area (Å²) in [6.07, 6.45) is 0.868. The fourth-order valence-electron chi connectivity index (χ4n) is 3.15. The highest BCUT2D eigenvalue weighted by Gasteiger charge is 2.26. The molecule has 2 nitrogen and oxygen atoms in total. The molecule has 1 aliphatic heterocycles. The van der Waals surface area contributed by atoms with Crippen LogP contribution in [0.3, 0.4) is 0 Å². The third-order valence-corrected chi connectivity index (χ3v) is 4.59. The number of halogens is 1. The van der Waals surface area contributed by atoms with Gasteiger partial charge in [-0.2, -0.15) is 0 Å². The molecule has 0 radical (unpaired) electrons. The summed E-state index contributed by atoms with van der Waals surface area (Å²) in [7, 11) is 2.14. The standard InChI is InChI=1S/C19H23FN2/c1-3-15-9-10-18(17(20)13-15)22-12-11-21(2)19(14-22)16-7-5-4-6-8-16/h4-10,13,19H,3,11-12,14H2,1-2H3. The SMILES string of the molecule is CCc1ccc(N2CCN(C)C(c3ccccc3)C2)c(F)c1. The van der Waals surface area contributed by atoms with Crippen molar-refractivity contribution in [1.82, 2.24) is 4.90 Å². The van der Waals surface area contributed by atoms with Crippen LogP contribution in [0.15, 0.2) is 48.5 Å². The molecule has 1 fully saturated rings. The van der Waals surface area contributed by atoms with Crippen LogP contribution in [0.25, 0.3) is 0 Å². The smallest absolute Gasteiger partial charge is 0.146 e. The highest BCUT2D eigenvalue weighted by molar-refractivity contribution is 5.50. The fourth-order valence-corrected chi connectivity index (χ4v) is 3.15. The van der Waals surface area contributed by atoms with E-state index in [9.17, 15) is 4.39 Å². The molecule has 2 aromatic rings. The van der Waals surface area contributed by atoms with Crippen LogP contribution in [-0.4, -0.2) is 31.6 Å². The molecule has 0 amide bonds. The second-order valence-corrected chi connectivity index (χ2v) is 5.99. The number of anilines is 1. The van der Waals surface area contributed by atoms with Gasteiger partial charge in [0.1, 0.15) is 5.82 Å². The van der Waals surface area contributed by atoms with E-state index in [4.69, 9.17) is 0 Å². The molecular formula is C19H23FN2. The molecule has 2 aromatic carbocycles. The Labute approximate surface area is 132 Å². The Bertz CT molecular complexity index is 627. The summed E-state index contributed by atoms with van der Waals surface area (Å²) < 4.78 is 14.4. The molecule has 1 heterocycles. The fraction of sp³-hybridized carbons (Fsp3) is 0.368. The van der Waals surface area contributed by atoms with E-state index in [1.165, 1.54) is 5.56 Å². The van der Waals surface area contributed by atoms with E-state index in [1.807, 2.05) is 18.2 Å². The third kappa shape index (κ3) is 3.00. The van der Waals surface area contributed by atoms with Gasteiger partial charge in [-0.1, -0.05) is 43.3 Å². The molecule has 116 valence electrons. The van der Waals surface area contributed by atoms with E-state index in [0.717, 1.165) is 37.3 Å². The normalized spacial score (nSPS) is 19.4. The van der Waals surface area contributed by atoms with Crippen molar-refractivity contribution in [2.75, 3.05) is 31.6 Å². The van der Waals surface area contributed by atoms with Crippen molar-refractivity contribution in [2.24, 2.45) is 0 Å². The molecule has 3 heteroatoms. The van der Waals surface area contributed by atoms with Crippen LogP contribution in [0.4, 0.5) is 10.1 Å². The molecule has 0 saturated carbocycles. The van der Waals surface area contributed by atoms with Crippen LogP contribution in [0.5, 0.6) is 0 Å². The van der Waals surface area contributed by atoms with E-state index in [0.29, 0.717) is 6.04 Å². The molecule has 22 heavy (non-hydrogen) atoms. The average Bonchev–Trinajstić information content (AvgIpc) is 2.56. The number of hydrogen-bond donors (Lipinski definition) is 0. The number of rotatable bonds is 3. The number of piperazine rings is 1. The molecule has 0 bridgehead atoms. The molecule has 0 aliphatic carbocycles. The van der Waals surface area contributed by atoms with Crippen molar-refractivity contribution in [2.45, 2.75) is 19.4 Å². The minimum Gasteiger partial charge on any atom is -0.366 e. The van der Waals surface area contributed by atoms with Gasteiger partial charge in [0.25, 0.3) is 0 Å². The molecule has 1 aliphatic rings. The van der Waals surface area contributed by atoms with E-state index >= 15 is 0 Å². The van der Waals surface area contributed by atoms with Crippen LogP contribution >= 0.6 is 0 Å². The van der Waals surface area contributed by atoms with Crippen molar-refractivity contribution < 1.29 is 4.39 Å². The highest BCUT2D eigenvalue weighted by Crippen LogP contribution is 2.29. The first-order valence-corrected chi connectivity index (χ1v) is 7.97. The zero-order chi connectivity index (χ0) is 15.5. The minimum absolute atomic E-state index is 0.101. The summed E-state index contributed by atoms with van der Waals surface area (Å²) in [5.74, 6) is -0.101. The maximum Gasteiger partial charge on any atom is 0.146 e. The maximum atomic E-state index is 14.4. The zero-order valence-corrected chi connectivity index (χ0v) is 13.3. The lowest BCUT2D eigenvalue weighted by atomic mass is 10.0. The third-order valence-electron chi connectivity index (χ3n) is 4.59. The summed E-state index contributed by atoms with van der Waals surface area (Å²) in [6, 6.07) is 16.4. The lowest BCUT2D eigenvalue weighted by Gasteiger charge is -2.41. The molecule has 0 N–H and O–H groups in total. The van der Waals surface area contributed by atoms with Crippen molar-refractivity contribution in [1.29, 1.82) is 0 Å². The van der Waals surface area contributed by atoms with E-state index in [-0.39, 0.29) is 5.82 Å². The maximum absolute atomic E-state index is 14.4. The van der Waals surface area contributed by atoms with Crippen LogP contribution in [-0.2, 0) is 6.42 Å². The van der Waals surface area contributed by atoms with Gasteiger partial charge in [-0.25, -0.2) is 4.39 Å². The Morgan fingerprint density at radius 2 is 1.86 bits per heavy atom. The van der Waals surface area contributed by atoms with Gasteiger partial charge in [-0.3, -0.25) is 4.90 Å². The van der Waals surface area contributed by atoms with Crippen molar-refractivity contribution in [3.8, 4) is 0 Å². The summed E-state index contributed by atoms with van der Waals surface area (Å²) >= 11 is 0. The summed E-state index contributed by atoms with van der Waals surface area (Å²) in [5.41, 5.74) is 3.07. The molecule has 0 aromatic heterocycles. The Morgan fingerprint density at radius 1 is 1.09 bits per heavy atom. The van der Waals surface area contributed by atoms with Crippen LogP contribution < -0.4 is 4.90 Å². The lowest BCUT2D eigenvalue weighted by Crippen LogP contribution is -2.47. The van der Waals surface area contributed by atoms with Gasteiger partial charge in [0, 0.05) is 19.6 Å². The van der Waals surface area contributed by atoms with Crippen LogP contribution in [0.1, 0.15) is 24.1 Å². The molecule has 1 saturated heterocycles. The Balaban J connectivity index is 1.84. The Hall–Kier alpha value is -1.87. The molecule has 3 rings (SSSR count). The highest BCUT2D eigenvalue weighted by atomic mass is 19.1. The van der Waals surface area contributed by atoms with Gasteiger partial charge >= 0.3 is 0 Å². The van der Waals surface area contributed by atoms with Crippen LogP contribution in [0.2, 0.25) is 0 Å². The predicted molar refractivity (Wildman–Crippen MR) is 89.8 cm³/mol. The molecule has 0 spiro atoms. The largest absolute Gasteiger partial charge is 0.366 e. The number of aryl methyl sites for hydroxylation is 1. The quantitative estimate of drug-likeness (QED) is 0.848. The van der Waals surface area contributed by atoms with E-state index < -0.39 is 0 Å². The van der Waals surface area contributed by atoms with Crippen LogP contribution in [0, 0.1) is 5.82 Å². The lowest BCUT2D eigenvalue weighted by molar-refractivity contribution is 0.220. The number of nitrogens with zero attached hydrogens (tertiary/aromatic N) is 2. The first kappa shape index (κ1) is 15.0. The van der Waals surface area contributed by atoms with Gasteiger partial charge in [0.05, 0.1) is 11.7 Å². The predicted octanol–water partition coefficient (Wildman–Crippen LogP) is 3.88. The average molecular weight is 298 g/mol. The van der Waals surface area contributed by atoms with Crippen molar-refractivity contribution in [3.05, 3.63) is 65.5 Å². The molecule has 1 unspecified atom stereocenters. The minimum atomic E-state index is -0.101. The van der Waals surface area contributed by atoms with E-state index in [1.54, 1.807) is 6.07 Å². The molecular weight excluding hydrogens is 275 g/mol. The second-order valence-electron chi connectivity index (χ2n) is 5.99. The topological polar surface area (TPSA) is 6.48 Å². The summed E-state index contributed by atoms with van der Waals surface area (Å²) in [6.45, 7) is 4.68. The Morgan fingerprint density at radius 3 is 2.55 bits per heavy atom.